The van der Waals surface area contributed by atoms with Crippen LogP contribution in [0.1, 0.15) is 40.0 Å². The zero-order chi connectivity index (χ0) is 9.23. The lowest BCUT2D eigenvalue weighted by Gasteiger charge is -1.91. The van der Waals surface area contributed by atoms with Gasteiger partial charge in [0.1, 0.15) is 0 Å². The second-order valence-corrected chi connectivity index (χ2v) is 3.17. The monoisotopic (exact) mass is 164 g/mol. The molecule has 0 spiro atoms. The molecule has 0 heterocycles. The third-order valence-electron chi connectivity index (χ3n) is 1.57. The molecule has 0 unspecified atom stereocenters. The van der Waals surface area contributed by atoms with Crippen molar-refractivity contribution >= 4 is 0 Å². The molecule has 0 aromatic rings. The van der Waals surface area contributed by atoms with Crippen molar-refractivity contribution in [1.29, 1.82) is 0 Å². The normalized spacial score (nSPS) is 11.2. The molecule has 0 bridgehead atoms. The van der Waals surface area contributed by atoms with Crippen LogP contribution in [0, 0.1) is 0 Å². The summed E-state index contributed by atoms with van der Waals surface area (Å²) in [5.74, 6) is 0. The summed E-state index contributed by atoms with van der Waals surface area (Å²) in [4.78, 5) is 0. The maximum atomic E-state index is 2.30. The Hall–Kier alpha value is -0.780. The smallest absolute Gasteiger partial charge is 0.0345 e. The fraction of sp³-hybridized carbons (Fsp3) is 0.500. The molecule has 0 atom stereocenters. The van der Waals surface area contributed by atoms with Crippen LogP contribution in [0.3, 0.4) is 0 Å². The highest BCUT2D eigenvalue weighted by atomic mass is 13.9. The Bertz CT molecular complexity index is 166. The van der Waals surface area contributed by atoms with E-state index in [1.807, 2.05) is 13.0 Å². The van der Waals surface area contributed by atoms with Crippen molar-refractivity contribution in [3.8, 4) is 0 Å². The van der Waals surface area contributed by atoms with Crippen LogP contribution in [0.4, 0.5) is 0 Å². The highest BCUT2D eigenvalue weighted by Crippen LogP contribution is 2.01. The Morgan fingerprint density at radius 2 is 1.83 bits per heavy atom. The molecule has 0 saturated heterocycles. The van der Waals surface area contributed by atoms with Gasteiger partial charge in [-0.25, -0.2) is 0 Å². The Balaban J connectivity index is 3.27. The standard InChI is InChI=1S/C12H20/c1-4-5-6-7-8-9-10-11-12(2)3/h4-7,11H,8-10H2,1-3H3. The van der Waals surface area contributed by atoms with Crippen molar-refractivity contribution in [2.24, 2.45) is 0 Å². The quantitative estimate of drug-likeness (QED) is 0.323. The molecule has 0 aromatic carbocycles. The van der Waals surface area contributed by atoms with Crippen LogP contribution in [0.15, 0.2) is 36.0 Å². The zero-order valence-electron chi connectivity index (χ0n) is 8.51. The molecule has 0 amide bonds. The third kappa shape index (κ3) is 9.22. The van der Waals surface area contributed by atoms with Crippen LogP contribution in [0.5, 0.6) is 0 Å². The van der Waals surface area contributed by atoms with Gasteiger partial charge in [0, 0.05) is 0 Å². The van der Waals surface area contributed by atoms with E-state index in [0.717, 1.165) is 0 Å². The molecule has 0 radical (unpaired) electrons. The van der Waals surface area contributed by atoms with Gasteiger partial charge in [0.2, 0.25) is 0 Å². The molecule has 0 heteroatoms. The molecule has 0 nitrogen and oxygen atoms in total. The molecule has 0 aromatic heterocycles. The minimum Gasteiger partial charge on any atom is -0.0877 e. The van der Waals surface area contributed by atoms with Crippen molar-refractivity contribution in [3.63, 3.8) is 0 Å². The maximum absolute atomic E-state index is 2.30. The summed E-state index contributed by atoms with van der Waals surface area (Å²) in [5, 5.41) is 0. The Labute approximate surface area is 76.7 Å². The molecule has 0 saturated carbocycles. The predicted molar refractivity (Wildman–Crippen MR) is 57.2 cm³/mol. The Morgan fingerprint density at radius 3 is 2.42 bits per heavy atom. The summed E-state index contributed by atoms with van der Waals surface area (Å²) in [6.07, 6.45) is 14.4. The Morgan fingerprint density at radius 1 is 1.08 bits per heavy atom. The predicted octanol–water partition coefficient (Wildman–Crippen LogP) is 4.26. The van der Waals surface area contributed by atoms with E-state index >= 15 is 0 Å². The highest BCUT2D eigenvalue weighted by molar-refractivity contribution is 5.01. The fourth-order valence-corrected chi connectivity index (χ4v) is 0.912. The molecular weight excluding hydrogens is 144 g/mol. The lowest BCUT2D eigenvalue weighted by molar-refractivity contribution is 0.862. The average molecular weight is 164 g/mol. The molecule has 0 aliphatic carbocycles. The largest absolute Gasteiger partial charge is 0.0877 e. The minimum absolute atomic E-state index is 1.19. The molecule has 0 aliphatic heterocycles. The number of rotatable bonds is 5. The van der Waals surface area contributed by atoms with E-state index in [1.54, 1.807) is 0 Å². The van der Waals surface area contributed by atoms with Gasteiger partial charge in [-0.2, -0.15) is 0 Å². The summed E-state index contributed by atoms with van der Waals surface area (Å²) in [6, 6.07) is 0. The molecule has 0 aliphatic rings. The van der Waals surface area contributed by atoms with Gasteiger partial charge in [-0.15, -0.1) is 0 Å². The number of hydrogen-bond donors (Lipinski definition) is 0. The van der Waals surface area contributed by atoms with Gasteiger partial charge >= 0.3 is 0 Å². The van der Waals surface area contributed by atoms with Crippen molar-refractivity contribution in [2.45, 2.75) is 40.0 Å². The van der Waals surface area contributed by atoms with Gasteiger partial charge in [0.05, 0.1) is 0 Å². The third-order valence-corrected chi connectivity index (χ3v) is 1.57. The SMILES string of the molecule is CC=CC=CCCCC=C(C)C. The van der Waals surface area contributed by atoms with Crippen LogP contribution < -0.4 is 0 Å². The first-order valence-electron chi connectivity index (χ1n) is 4.68. The van der Waals surface area contributed by atoms with Crippen molar-refractivity contribution < 1.29 is 0 Å². The molecule has 68 valence electrons. The van der Waals surface area contributed by atoms with Crippen LogP contribution in [-0.2, 0) is 0 Å². The topological polar surface area (TPSA) is 0 Å². The van der Waals surface area contributed by atoms with Gasteiger partial charge in [-0.05, 0) is 40.0 Å². The van der Waals surface area contributed by atoms with Crippen LogP contribution in [0.2, 0.25) is 0 Å². The van der Waals surface area contributed by atoms with E-state index in [1.165, 1.54) is 24.8 Å². The zero-order valence-corrected chi connectivity index (χ0v) is 8.51. The first kappa shape index (κ1) is 11.2. The van der Waals surface area contributed by atoms with E-state index in [0.29, 0.717) is 0 Å². The first-order chi connectivity index (χ1) is 5.77. The molecule has 0 rings (SSSR count). The van der Waals surface area contributed by atoms with Gasteiger partial charge in [-0.1, -0.05) is 36.0 Å². The number of hydrogen-bond acceptors (Lipinski definition) is 0. The van der Waals surface area contributed by atoms with Crippen LogP contribution in [0.25, 0.3) is 0 Å². The molecular formula is C12H20. The second-order valence-electron chi connectivity index (χ2n) is 3.17. The van der Waals surface area contributed by atoms with Crippen molar-refractivity contribution in [3.05, 3.63) is 36.0 Å². The Kier molecular flexibility index (Phi) is 7.78. The fourth-order valence-electron chi connectivity index (χ4n) is 0.912. The highest BCUT2D eigenvalue weighted by Gasteiger charge is 1.80. The summed E-state index contributed by atoms with van der Waals surface area (Å²) >= 11 is 0. The second kappa shape index (κ2) is 8.32. The van der Waals surface area contributed by atoms with Gasteiger partial charge in [0.15, 0.2) is 0 Å². The van der Waals surface area contributed by atoms with E-state index in [4.69, 9.17) is 0 Å². The van der Waals surface area contributed by atoms with E-state index < -0.39 is 0 Å². The summed E-state index contributed by atoms with van der Waals surface area (Å²) in [7, 11) is 0. The van der Waals surface area contributed by atoms with E-state index in [9.17, 15) is 0 Å². The summed E-state index contributed by atoms with van der Waals surface area (Å²) in [6.45, 7) is 6.33. The van der Waals surface area contributed by atoms with Gasteiger partial charge in [0.25, 0.3) is 0 Å². The molecule has 12 heavy (non-hydrogen) atoms. The van der Waals surface area contributed by atoms with Crippen molar-refractivity contribution in [1.82, 2.24) is 0 Å². The van der Waals surface area contributed by atoms with E-state index in [2.05, 4.69) is 38.2 Å². The van der Waals surface area contributed by atoms with Crippen LogP contribution >= 0.6 is 0 Å². The van der Waals surface area contributed by atoms with Gasteiger partial charge in [-0.3, -0.25) is 0 Å². The summed E-state index contributed by atoms with van der Waals surface area (Å²) in [5.41, 5.74) is 1.42. The molecule has 0 N–H and O–H groups in total. The maximum Gasteiger partial charge on any atom is -0.0345 e. The van der Waals surface area contributed by atoms with E-state index in [-0.39, 0.29) is 0 Å². The first-order valence-corrected chi connectivity index (χ1v) is 4.68. The number of allylic oxidation sites excluding steroid dienone is 6. The van der Waals surface area contributed by atoms with Crippen molar-refractivity contribution in [2.75, 3.05) is 0 Å². The number of unbranched alkanes of at least 4 members (excludes halogenated alkanes) is 2. The lowest BCUT2D eigenvalue weighted by atomic mass is 10.2. The van der Waals surface area contributed by atoms with Gasteiger partial charge < -0.3 is 0 Å². The lowest BCUT2D eigenvalue weighted by Crippen LogP contribution is -1.70. The molecule has 0 fully saturated rings. The minimum atomic E-state index is 1.19. The average Bonchev–Trinajstić information content (AvgIpc) is 2.02. The van der Waals surface area contributed by atoms with Crippen LogP contribution in [-0.4, -0.2) is 0 Å². The summed E-state index contributed by atoms with van der Waals surface area (Å²) < 4.78 is 0.